The van der Waals surface area contributed by atoms with Crippen molar-refractivity contribution in [2.75, 3.05) is 20.1 Å². The van der Waals surface area contributed by atoms with Gasteiger partial charge in [0.25, 0.3) is 5.91 Å². The third-order valence-corrected chi connectivity index (χ3v) is 10.3. The number of hydrogen-bond donors (Lipinski definition) is 2. The molecule has 2 aliphatic rings. The topological polar surface area (TPSA) is 138 Å². The number of nitrogens with zero attached hydrogens (tertiary/aromatic N) is 4. The van der Waals surface area contributed by atoms with Gasteiger partial charge in [-0.2, -0.15) is 0 Å². The van der Waals surface area contributed by atoms with E-state index in [9.17, 15) is 19.2 Å². The quantitative estimate of drug-likeness (QED) is 0.350. The highest BCUT2D eigenvalue weighted by atomic mass is 19.1. The maximum absolute atomic E-state index is 15.7. The van der Waals surface area contributed by atoms with E-state index in [4.69, 9.17) is 4.63 Å². The summed E-state index contributed by atoms with van der Waals surface area (Å²) in [7, 11) is 2.04. The maximum Gasteiger partial charge on any atom is 0.276 e. The molecular formula is C35H51FN6O5. The van der Waals surface area contributed by atoms with E-state index in [1.165, 1.54) is 6.07 Å². The van der Waals surface area contributed by atoms with E-state index in [1.54, 1.807) is 30.9 Å². The number of amides is 3. The molecule has 1 saturated heterocycles. The molecule has 2 N–H and O–H groups in total. The van der Waals surface area contributed by atoms with Gasteiger partial charge in [-0.1, -0.05) is 57.8 Å². The van der Waals surface area contributed by atoms with Crippen LogP contribution < -0.4 is 10.6 Å². The number of hydrogen-bond acceptors (Lipinski definition) is 8. The minimum absolute atomic E-state index is 0.0544. The van der Waals surface area contributed by atoms with Crippen molar-refractivity contribution in [2.45, 2.75) is 117 Å². The molecule has 2 fully saturated rings. The first-order valence-electron chi connectivity index (χ1n) is 17.1. The molecule has 0 spiro atoms. The molecule has 47 heavy (non-hydrogen) atoms. The fraction of sp³-hybridized carbons (Fsp3) is 0.657. The minimum Gasteiger partial charge on any atom is -0.344 e. The Balaban J connectivity index is 1.53. The first kappa shape index (κ1) is 36.2. The van der Waals surface area contributed by atoms with Gasteiger partial charge in [-0.25, -0.2) is 9.02 Å². The van der Waals surface area contributed by atoms with Crippen LogP contribution in [0.5, 0.6) is 0 Å². The zero-order valence-electron chi connectivity index (χ0n) is 28.8. The Morgan fingerprint density at radius 1 is 1.00 bits per heavy atom. The molecule has 1 aliphatic heterocycles. The van der Waals surface area contributed by atoms with Crippen LogP contribution in [0.15, 0.2) is 22.8 Å². The molecule has 1 aromatic heterocycles. The Morgan fingerprint density at radius 2 is 1.66 bits per heavy atom. The number of ketones is 1. The summed E-state index contributed by atoms with van der Waals surface area (Å²) in [6.07, 6.45) is 3.89. The predicted molar refractivity (Wildman–Crippen MR) is 175 cm³/mol. The number of aromatic nitrogens is 2. The highest BCUT2D eigenvalue weighted by Crippen LogP contribution is 2.32. The highest BCUT2D eigenvalue weighted by Gasteiger charge is 2.37. The summed E-state index contributed by atoms with van der Waals surface area (Å²) in [5.41, 5.74) is 1.21. The van der Waals surface area contributed by atoms with Crippen LogP contribution in [0.1, 0.15) is 107 Å². The first-order chi connectivity index (χ1) is 22.3. The first-order valence-corrected chi connectivity index (χ1v) is 17.1. The summed E-state index contributed by atoms with van der Waals surface area (Å²) in [6, 6.07) is 3.27. The fourth-order valence-electron chi connectivity index (χ4n) is 6.84. The molecule has 12 heteroatoms. The Kier molecular flexibility index (Phi) is 12.3. The molecule has 0 bridgehead atoms. The van der Waals surface area contributed by atoms with Crippen molar-refractivity contribution >= 4 is 23.5 Å². The van der Waals surface area contributed by atoms with Crippen molar-refractivity contribution in [3.05, 3.63) is 46.5 Å². The third-order valence-electron chi connectivity index (χ3n) is 10.3. The number of nitrogens with one attached hydrogen (secondary N) is 2. The van der Waals surface area contributed by atoms with E-state index in [0.717, 1.165) is 25.7 Å². The Hall–Kier alpha value is -3.67. The average molecular weight is 655 g/mol. The van der Waals surface area contributed by atoms with Crippen LogP contribution in [-0.2, 0) is 27.2 Å². The van der Waals surface area contributed by atoms with Crippen LogP contribution in [-0.4, -0.2) is 87.9 Å². The number of Topliss-reactive ketones (excluding diaryl/α,β-unsaturated/α-hetero) is 1. The molecule has 11 nitrogen and oxygen atoms in total. The number of likely N-dealkylation sites (N-methyl/N-ethyl adjacent to an activating group) is 1. The lowest BCUT2D eigenvalue weighted by Gasteiger charge is -2.44. The van der Waals surface area contributed by atoms with E-state index in [1.807, 2.05) is 14.0 Å². The Morgan fingerprint density at radius 3 is 2.26 bits per heavy atom. The van der Waals surface area contributed by atoms with E-state index in [0.29, 0.717) is 36.7 Å². The van der Waals surface area contributed by atoms with Crippen LogP contribution >= 0.6 is 0 Å². The Labute approximate surface area is 277 Å². The van der Waals surface area contributed by atoms with Crippen LogP contribution in [0.2, 0.25) is 0 Å². The number of carbonyl (C=O) groups excluding carboxylic acids is 4. The van der Waals surface area contributed by atoms with Crippen molar-refractivity contribution in [1.82, 2.24) is 30.7 Å². The molecule has 2 heterocycles. The van der Waals surface area contributed by atoms with E-state index in [-0.39, 0.29) is 59.7 Å². The average Bonchev–Trinajstić information content (AvgIpc) is 3.54. The van der Waals surface area contributed by atoms with Gasteiger partial charge in [-0.15, -0.1) is 0 Å². The van der Waals surface area contributed by atoms with Gasteiger partial charge in [0, 0.05) is 43.9 Å². The number of halogens is 1. The van der Waals surface area contributed by atoms with Crippen LogP contribution in [0, 0.1) is 17.7 Å². The molecule has 0 unspecified atom stereocenters. The summed E-state index contributed by atoms with van der Waals surface area (Å²) >= 11 is 0. The normalized spacial score (nSPS) is 23.9. The summed E-state index contributed by atoms with van der Waals surface area (Å²) in [4.78, 5) is 57.3. The summed E-state index contributed by atoms with van der Waals surface area (Å²) in [5, 5.41) is 13.3. The second-order valence-electron chi connectivity index (χ2n) is 13.7. The molecule has 1 saturated carbocycles. The highest BCUT2D eigenvalue weighted by molar-refractivity contribution is 5.97. The SMILES string of the molecule is CCC(=O)N[C@@H](C(=O)N1C[C@@H](C)N(C)[C@H](C)C1)[C@@H](C)c1ccc(CC(=O)[C@@H](NC(=O)c2nonc2CC)C2CCC(C)CC2)c(F)c1. The molecule has 3 amide bonds. The van der Waals surface area contributed by atoms with E-state index >= 15 is 4.39 Å². The molecular weight excluding hydrogens is 603 g/mol. The zero-order valence-corrected chi connectivity index (χ0v) is 28.8. The monoisotopic (exact) mass is 654 g/mol. The molecule has 4 rings (SSSR count). The number of aryl methyl sites for hydroxylation is 1. The van der Waals surface area contributed by atoms with Gasteiger partial charge < -0.3 is 15.5 Å². The van der Waals surface area contributed by atoms with Gasteiger partial charge in [-0.3, -0.25) is 24.1 Å². The number of carbonyl (C=O) groups is 4. The van der Waals surface area contributed by atoms with Crippen molar-refractivity contribution < 1.29 is 28.2 Å². The third kappa shape index (κ3) is 8.63. The van der Waals surface area contributed by atoms with Crippen LogP contribution in [0.25, 0.3) is 0 Å². The van der Waals surface area contributed by atoms with Crippen molar-refractivity contribution in [1.29, 1.82) is 0 Å². The molecule has 258 valence electrons. The number of piperazine rings is 1. The van der Waals surface area contributed by atoms with Gasteiger partial charge in [0.2, 0.25) is 11.8 Å². The lowest BCUT2D eigenvalue weighted by Crippen LogP contribution is -2.60. The molecule has 2 aromatic rings. The van der Waals surface area contributed by atoms with Gasteiger partial charge in [0.1, 0.15) is 17.6 Å². The van der Waals surface area contributed by atoms with Crippen molar-refractivity contribution in [3.63, 3.8) is 0 Å². The zero-order chi connectivity index (χ0) is 34.4. The lowest BCUT2D eigenvalue weighted by atomic mass is 9.77. The van der Waals surface area contributed by atoms with Crippen LogP contribution in [0.3, 0.4) is 0 Å². The predicted octanol–water partition coefficient (Wildman–Crippen LogP) is 4.06. The van der Waals surface area contributed by atoms with Crippen molar-refractivity contribution in [2.24, 2.45) is 11.8 Å². The molecule has 1 aliphatic carbocycles. The molecule has 0 radical (unpaired) electrons. The van der Waals surface area contributed by atoms with Gasteiger partial charge in [0.15, 0.2) is 11.5 Å². The smallest absolute Gasteiger partial charge is 0.276 e. The van der Waals surface area contributed by atoms with E-state index < -0.39 is 29.7 Å². The summed E-state index contributed by atoms with van der Waals surface area (Å²) in [6.45, 7) is 12.7. The standard InChI is InChI=1S/C35H51FN6O5/c1-8-28-33(40-47-39-28)34(45)38-32(24-12-10-20(3)11-13-24)29(43)17-26-15-14-25(16-27(26)36)23(6)31(37-30(44)9-2)35(46)42-18-21(4)41(7)22(5)19-42/h14-16,20-24,31-32H,8-13,17-19H2,1-7H3,(H,37,44)(H,38,45)/t20?,21-,22-,23+,24?,31-,32+/m1/s1. The maximum atomic E-state index is 15.7. The van der Waals surface area contributed by atoms with Gasteiger partial charge in [-0.05, 0) is 74.3 Å². The second-order valence-corrected chi connectivity index (χ2v) is 13.7. The number of rotatable bonds is 12. The minimum atomic E-state index is -0.871. The largest absolute Gasteiger partial charge is 0.344 e. The lowest BCUT2D eigenvalue weighted by molar-refractivity contribution is -0.140. The van der Waals surface area contributed by atoms with Crippen LogP contribution in [0.4, 0.5) is 4.39 Å². The number of benzene rings is 1. The fourth-order valence-corrected chi connectivity index (χ4v) is 6.84. The summed E-state index contributed by atoms with van der Waals surface area (Å²) < 4.78 is 20.5. The second kappa shape index (κ2) is 16.0. The summed E-state index contributed by atoms with van der Waals surface area (Å²) in [5.74, 6) is -1.91. The Bertz CT molecular complexity index is 1410. The van der Waals surface area contributed by atoms with E-state index in [2.05, 4.69) is 46.6 Å². The van der Waals surface area contributed by atoms with Gasteiger partial charge >= 0.3 is 0 Å². The molecule has 5 atom stereocenters. The van der Waals surface area contributed by atoms with Crippen molar-refractivity contribution in [3.8, 4) is 0 Å². The molecule has 1 aromatic carbocycles. The van der Waals surface area contributed by atoms with Gasteiger partial charge in [0.05, 0.1) is 6.04 Å².